The van der Waals surface area contributed by atoms with Crippen molar-refractivity contribution < 1.29 is 14.3 Å². The lowest BCUT2D eigenvalue weighted by atomic mass is 10.2. The Labute approximate surface area is 117 Å². The standard InChI is InChI=1S/C12H15NO3S2/c1-16-12(15)10(18)9(17)11(14)13-7-8-5-3-2-4-6-8/h2-6,9-10,17-18H,7H2,1H3,(H,13,14). The van der Waals surface area contributed by atoms with Gasteiger partial charge in [0, 0.05) is 6.54 Å². The van der Waals surface area contributed by atoms with E-state index in [0.717, 1.165) is 5.56 Å². The first kappa shape index (κ1) is 14.9. The van der Waals surface area contributed by atoms with Crippen molar-refractivity contribution in [1.82, 2.24) is 5.32 Å². The third-order valence-electron chi connectivity index (χ3n) is 2.32. The highest BCUT2D eigenvalue weighted by molar-refractivity contribution is 7.86. The van der Waals surface area contributed by atoms with E-state index < -0.39 is 16.5 Å². The minimum Gasteiger partial charge on any atom is -0.468 e. The maximum absolute atomic E-state index is 11.7. The second-order valence-corrected chi connectivity index (χ2v) is 4.73. The molecule has 0 saturated heterocycles. The van der Waals surface area contributed by atoms with Crippen LogP contribution in [0, 0.1) is 0 Å². The molecule has 0 aromatic heterocycles. The number of esters is 1. The SMILES string of the molecule is COC(=O)C(S)C(S)C(=O)NCc1ccccc1. The minimum absolute atomic E-state index is 0.354. The topological polar surface area (TPSA) is 55.4 Å². The van der Waals surface area contributed by atoms with Gasteiger partial charge in [-0.2, -0.15) is 25.3 Å². The van der Waals surface area contributed by atoms with Gasteiger partial charge >= 0.3 is 5.97 Å². The van der Waals surface area contributed by atoms with Crippen molar-refractivity contribution in [3.05, 3.63) is 35.9 Å². The van der Waals surface area contributed by atoms with Crippen molar-refractivity contribution in [3.8, 4) is 0 Å². The van der Waals surface area contributed by atoms with E-state index >= 15 is 0 Å². The molecule has 0 fully saturated rings. The van der Waals surface area contributed by atoms with Crippen molar-refractivity contribution in [2.45, 2.75) is 17.0 Å². The molecule has 2 atom stereocenters. The van der Waals surface area contributed by atoms with E-state index in [9.17, 15) is 9.59 Å². The molecule has 98 valence electrons. The Morgan fingerprint density at radius 3 is 2.39 bits per heavy atom. The van der Waals surface area contributed by atoms with E-state index in [-0.39, 0.29) is 5.91 Å². The fourth-order valence-corrected chi connectivity index (χ4v) is 1.74. The van der Waals surface area contributed by atoms with Crippen LogP contribution in [0.5, 0.6) is 0 Å². The Kier molecular flexibility index (Phi) is 6.07. The van der Waals surface area contributed by atoms with Crippen LogP contribution in [0.4, 0.5) is 0 Å². The number of thiol groups is 2. The van der Waals surface area contributed by atoms with Crippen LogP contribution < -0.4 is 5.32 Å². The summed E-state index contributed by atoms with van der Waals surface area (Å²) in [5.41, 5.74) is 0.972. The largest absolute Gasteiger partial charge is 0.468 e. The average Bonchev–Trinajstić information content (AvgIpc) is 2.43. The highest BCUT2D eigenvalue weighted by atomic mass is 32.1. The number of benzene rings is 1. The molecule has 0 aliphatic heterocycles. The molecular formula is C12H15NO3S2. The predicted octanol–water partition coefficient (Wildman–Crippen LogP) is 1.07. The van der Waals surface area contributed by atoms with Gasteiger partial charge in [0.2, 0.25) is 5.91 Å². The predicted molar refractivity (Wildman–Crippen MR) is 75.9 cm³/mol. The van der Waals surface area contributed by atoms with Crippen LogP contribution in [0.2, 0.25) is 0 Å². The molecule has 0 spiro atoms. The zero-order chi connectivity index (χ0) is 13.5. The number of hydrogen-bond acceptors (Lipinski definition) is 5. The summed E-state index contributed by atoms with van der Waals surface area (Å²) in [5, 5.41) is 0.963. The molecule has 1 aromatic carbocycles. The lowest BCUT2D eigenvalue weighted by Gasteiger charge is -2.15. The molecule has 18 heavy (non-hydrogen) atoms. The number of carbonyl (C=O) groups is 2. The van der Waals surface area contributed by atoms with Crippen molar-refractivity contribution in [2.75, 3.05) is 7.11 Å². The van der Waals surface area contributed by atoms with Gasteiger partial charge in [-0.25, -0.2) is 0 Å². The summed E-state index contributed by atoms with van der Waals surface area (Å²) in [7, 11) is 1.24. The average molecular weight is 285 g/mol. The van der Waals surface area contributed by atoms with Gasteiger partial charge < -0.3 is 10.1 Å². The summed E-state index contributed by atoms with van der Waals surface area (Å²) >= 11 is 8.08. The minimum atomic E-state index is -0.880. The first-order valence-electron chi connectivity index (χ1n) is 5.32. The van der Waals surface area contributed by atoms with Crippen molar-refractivity contribution in [3.63, 3.8) is 0 Å². The van der Waals surface area contributed by atoms with Crippen molar-refractivity contribution >= 4 is 37.1 Å². The zero-order valence-corrected chi connectivity index (χ0v) is 11.7. The number of ether oxygens (including phenoxy) is 1. The Morgan fingerprint density at radius 1 is 1.22 bits per heavy atom. The molecule has 0 saturated carbocycles. The van der Waals surface area contributed by atoms with E-state index in [1.54, 1.807) is 0 Å². The number of nitrogens with one attached hydrogen (secondary N) is 1. The first-order chi connectivity index (χ1) is 8.56. The van der Waals surface area contributed by atoms with Gasteiger partial charge in [0.05, 0.1) is 7.11 Å². The normalized spacial score (nSPS) is 13.5. The van der Waals surface area contributed by atoms with Crippen LogP contribution in [0.1, 0.15) is 5.56 Å². The maximum atomic E-state index is 11.7. The lowest BCUT2D eigenvalue weighted by molar-refractivity contribution is -0.141. The zero-order valence-electron chi connectivity index (χ0n) is 9.87. The van der Waals surface area contributed by atoms with Crippen molar-refractivity contribution in [2.24, 2.45) is 0 Å². The van der Waals surface area contributed by atoms with Crippen molar-refractivity contribution in [1.29, 1.82) is 0 Å². The van der Waals surface area contributed by atoms with Crippen LogP contribution in [0.3, 0.4) is 0 Å². The van der Waals surface area contributed by atoms with E-state index in [1.165, 1.54) is 7.11 Å². The summed E-state index contributed by atoms with van der Waals surface area (Å²) in [4.78, 5) is 22.9. The highest BCUT2D eigenvalue weighted by Crippen LogP contribution is 2.11. The highest BCUT2D eigenvalue weighted by Gasteiger charge is 2.28. The molecule has 0 heterocycles. The van der Waals surface area contributed by atoms with Gasteiger partial charge in [-0.3, -0.25) is 9.59 Å². The molecule has 2 unspecified atom stereocenters. The van der Waals surface area contributed by atoms with Gasteiger partial charge in [-0.05, 0) is 5.56 Å². The van der Waals surface area contributed by atoms with Gasteiger partial charge in [-0.15, -0.1) is 0 Å². The monoisotopic (exact) mass is 285 g/mol. The van der Waals surface area contributed by atoms with Crippen LogP contribution in [-0.2, 0) is 20.9 Å². The smallest absolute Gasteiger partial charge is 0.320 e. The van der Waals surface area contributed by atoms with E-state index in [1.807, 2.05) is 30.3 Å². The Morgan fingerprint density at radius 2 is 1.83 bits per heavy atom. The first-order valence-corrected chi connectivity index (χ1v) is 6.35. The maximum Gasteiger partial charge on any atom is 0.320 e. The van der Waals surface area contributed by atoms with Crippen LogP contribution >= 0.6 is 25.3 Å². The van der Waals surface area contributed by atoms with E-state index in [2.05, 4.69) is 35.3 Å². The summed E-state index contributed by atoms with van der Waals surface area (Å²) in [6, 6.07) is 9.46. The summed E-state index contributed by atoms with van der Waals surface area (Å²) in [5.74, 6) is -0.930. The number of amides is 1. The lowest BCUT2D eigenvalue weighted by Crippen LogP contribution is -2.40. The molecule has 1 amide bonds. The van der Waals surface area contributed by atoms with Gasteiger partial charge in [0.1, 0.15) is 10.5 Å². The van der Waals surface area contributed by atoms with E-state index in [0.29, 0.717) is 6.54 Å². The summed E-state index contributed by atoms with van der Waals surface area (Å²) in [6.07, 6.45) is 0. The fraction of sp³-hybridized carbons (Fsp3) is 0.333. The van der Waals surface area contributed by atoms with E-state index in [4.69, 9.17) is 0 Å². The second-order valence-electron chi connectivity index (χ2n) is 3.62. The Bertz CT molecular complexity index is 411. The molecule has 1 rings (SSSR count). The number of rotatable bonds is 5. The molecule has 1 aromatic rings. The van der Waals surface area contributed by atoms with Crippen LogP contribution in [-0.4, -0.2) is 29.5 Å². The molecule has 0 aliphatic carbocycles. The molecule has 1 N–H and O–H groups in total. The number of carbonyl (C=O) groups excluding carboxylic acids is 2. The molecule has 0 radical (unpaired) electrons. The summed E-state index contributed by atoms with van der Waals surface area (Å²) in [6.45, 7) is 0.387. The van der Waals surface area contributed by atoms with Crippen LogP contribution in [0.25, 0.3) is 0 Å². The quantitative estimate of drug-likeness (QED) is 0.560. The fourth-order valence-electron chi connectivity index (χ4n) is 1.28. The van der Waals surface area contributed by atoms with Gasteiger partial charge in [0.15, 0.2) is 0 Å². The second kappa shape index (κ2) is 7.33. The Hall–Kier alpha value is -1.14. The number of hydrogen-bond donors (Lipinski definition) is 3. The molecule has 0 aliphatic rings. The third kappa shape index (κ3) is 4.27. The number of methoxy groups -OCH3 is 1. The molecule has 6 heteroatoms. The molecule has 0 bridgehead atoms. The summed E-state index contributed by atoms with van der Waals surface area (Å²) < 4.78 is 4.50. The molecule has 4 nitrogen and oxygen atoms in total. The Balaban J connectivity index is 2.48. The van der Waals surface area contributed by atoms with Gasteiger partial charge in [-0.1, -0.05) is 30.3 Å². The van der Waals surface area contributed by atoms with Crippen LogP contribution in [0.15, 0.2) is 30.3 Å². The van der Waals surface area contributed by atoms with Gasteiger partial charge in [0.25, 0.3) is 0 Å². The third-order valence-corrected chi connectivity index (χ3v) is 3.60. The molecular weight excluding hydrogens is 270 g/mol.